The number of sulfonamides is 1. The van der Waals surface area contributed by atoms with Gasteiger partial charge in [-0.15, -0.1) is 23.7 Å². The minimum absolute atomic E-state index is 0. The molecule has 1 saturated heterocycles. The molecule has 4 nitrogen and oxygen atoms in total. The number of nitrogens with one attached hydrogen (secondary N) is 2. The van der Waals surface area contributed by atoms with E-state index in [9.17, 15) is 8.42 Å². The van der Waals surface area contributed by atoms with Gasteiger partial charge >= 0.3 is 0 Å². The van der Waals surface area contributed by atoms with E-state index < -0.39 is 10.0 Å². The minimum atomic E-state index is -3.45. The second kappa shape index (κ2) is 6.81. The van der Waals surface area contributed by atoms with Crippen molar-refractivity contribution < 1.29 is 8.42 Å². The van der Waals surface area contributed by atoms with Crippen LogP contribution in [0.5, 0.6) is 0 Å². The van der Waals surface area contributed by atoms with Crippen LogP contribution in [0.1, 0.15) is 12.8 Å². The van der Waals surface area contributed by atoms with Crippen LogP contribution in [0, 0.1) is 0 Å². The molecule has 1 aliphatic heterocycles. The lowest BCUT2D eigenvalue weighted by Gasteiger charge is -2.23. The van der Waals surface area contributed by atoms with E-state index in [1.165, 1.54) is 11.3 Å². The van der Waals surface area contributed by atoms with Crippen molar-refractivity contribution in [2.24, 2.45) is 0 Å². The van der Waals surface area contributed by atoms with E-state index in [1.54, 1.807) is 18.2 Å². The third-order valence-corrected chi connectivity index (χ3v) is 6.68. The Bertz CT molecular complexity index is 725. The summed E-state index contributed by atoms with van der Waals surface area (Å²) in [5.41, 5.74) is 0. The summed E-state index contributed by atoms with van der Waals surface area (Å²) in [5.74, 6) is 0. The Morgan fingerprint density at radius 1 is 1.33 bits per heavy atom. The molecule has 2 heterocycles. The molecule has 8 heteroatoms. The second-order valence-corrected chi connectivity index (χ2v) is 8.37. The number of halogens is 2. The molecular formula is C13H16Cl2N2O2S2. The molecule has 0 spiro atoms. The maximum Gasteiger partial charge on any atom is 0.250 e. The minimum Gasteiger partial charge on any atom is -0.315 e. The Hall–Kier alpha value is -0.370. The van der Waals surface area contributed by atoms with Crippen LogP contribution >= 0.6 is 35.3 Å². The van der Waals surface area contributed by atoms with Crippen LogP contribution < -0.4 is 10.0 Å². The molecule has 1 aromatic heterocycles. The molecule has 2 N–H and O–H groups in total. The van der Waals surface area contributed by atoms with Gasteiger partial charge in [0.05, 0.1) is 0 Å². The van der Waals surface area contributed by atoms with Crippen molar-refractivity contribution in [2.45, 2.75) is 23.1 Å². The first-order chi connectivity index (χ1) is 9.54. The summed E-state index contributed by atoms with van der Waals surface area (Å²) in [6.45, 7) is 1.65. The number of benzene rings is 1. The van der Waals surface area contributed by atoms with Crippen molar-refractivity contribution in [3.8, 4) is 0 Å². The fourth-order valence-corrected chi connectivity index (χ4v) is 5.20. The van der Waals surface area contributed by atoms with Gasteiger partial charge in [0.25, 0.3) is 0 Å². The molecular weight excluding hydrogens is 351 g/mol. The summed E-state index contributed by atoms with van der Waals surface area (Å²) in [4.78, 5) is 0. The predicted molar refractivity (Wildman–Crippen MR) is 90.3 cm³/mol. The van der Waals surface area contributed by atoms with Gasteiger partial charge in [0.15, 0.2) is 0 Å². The fourth-order valence-electron chi connectivity index (χ4n) is 2.35. The van der Waals surface area contributed by atoms with Crippen LogP contribution in [-0.4, -0.2) is 27.5 Å². The average Bonchev–Trinajstić information content (AvgIpc) is 2.83. The van der Waals surface area contributed by atoms with E-state index in [-0.39, 0.29) is 18.4 Å². The van der Waals surface area contributed by atoms with Gasteiger partial charge in [-0.1, -0.05) is 11.6 Å². The van der Waals surface area contributed by atoms with Gasteiger partial charge in [-0.2, -0.15) is 0 Å². The highest BCUT2D eigenvalue weighted by atomic mass is 35.5. The van der Waals surface area contributed by atoms with Gasteiger partial charge in [-0.05, 0) is 49.0 Å². The Morgan fingerprint density at radius 3 is 2.86 bits per heavy atom. The zero-order chi connectivity index (χ0) is 14.2. The van der Waals surface area contributed by atoms with Crippen molar-refractivity contribution >= 4 is 55.5 Å². The fraction of sp³-hybridized carbons (Fsp3) is 0.385. The van der Waals surface area contributed by atoms with Crippen molar-refractivity contribution in [1.29, 1.82) is 0 Å². The second-order valence-electron chi connectivity index (χ2n) is 4.91. The first-order valence-electron chi connectivity index (χ1n) is 6.47. The number of rotatable bonds is 3. The van der Waals surface area contributed by atoms with Crippen molar-refractivity contribution in [3.63, 3.8) is 0 Å². The van der Waals surface area contributed by atoms with E-state index in [0.29, 0.717) is 15.8 Å². The monoisotopic (exact) mass is 366 g/mol. The Morgan fingerprint density at radius 2 is 2.14 bits per heavy atom. The normalized spacial score (nSPS) is 19.4. The summed E-state index contributed by atoms with van der Waals surface area (Å²) in [6.07, 6.45) is 1.87. The van der Waals surface area contributed by atoms with Gasteiger partial charge in [0.2, 0.25) is 10.0 Å². The molecule has 1 unspecified atom stereocenters. The summed E-state index contributed by atoms with van der Waals surface area (Å²) in [6, 6.07) is 7.07. The van der Waals surface area contributed by atoms with E-state index >= 15 is 0 Å². The Labute approximate surface area is 139 Å². The molecule has 116 valence electrons. The van der Waals surface area contributed by atoms with Crippen LogP contribution in [-0.2, 0) is 10.0 Å². The predicted octanol–water partition coefficient (Wildman–Crippen LogP) is 3.01. The summed E-state index contributed by atoms with van der Waals surface area (Å²) < 4.78 is 28.8. The molecule has 3 rings (SSSR count). The van der Waals surface area contributed by atoms with Gasteiger partial charge in [0, 0.05) is 22.3 Å². The summed E-state index contributed by atoms with van der Waals surface area (Å²) >= 11 is 7.20. The third kappa shape index (κ3) is 3.88. The van der Waals surface area contributed by atoms with Crippen molar-refractivity contribution in [2.75, 3.05) is 13.1 Å². The van der Waals surface area contributed by atoms with E-state index in [4.69, 9.17) is 11.6 Å². The summed E-state index contributed by atoms with van der Waals surface area (Å²) in [7, 11) is -3.45. The molecule has 1 fully saturated rings. The molecule has 21 heavy (non-hydrogen) atoms. The topological polar surface area (TPSA) is 58.2 Å². The number of piperidine rings is 1. The Balaban J connectivity index is 0.00000161. The largest absolute Gasteiger partial charge is 0.315 e. The molecule has 1 aliphatic rings. The molecule has 0 radical (unpaired) electrons. The summed E-state index contributed by atoms with van der Waals surface area (Å²) in [5, 5.41) is 4.68. The van der Waals surface area contributed by atoms with Gasteiger partial charge in [-0.3, -0.25) is 0 Å². The molecule has 1 atom stereocenters. The Kier molecular flexibility index (Phi) is 5.51. The maximum absolute atomic E-state index is 12.4. The highest BCUT2D eigenvalue weighted by Gasteiger charge is 2.23. The zero-order valence-electron chi connectivity index (χ0n) is 11.1. The molecule has 1 aromatic carbocycles. The molecule has 0 aliphatic carbocycles. The van der Waals surface area contributed by atoms with Crippen LogP contribution in [0.25, 0.3) is 10.1 Å². The maximum atomic E-state index is 12.4. The van der Waals surface area contributed by atoms with Gasteiger partial charge in [0.1, 0.15) is 4.21 Å². The molecule has 2 aromatic rings. The number of fused-ring (bicyclic) bond motifs is 1. The van der Waals surface area contributed by atoms with Crippen LogP contribution in [0.15, 0.2) is 28.5 Å². The lowest BCUT2D eigenvalue weighted by atomic mass is 10.1. The molecule has 0 amide bonds. The molecule has 0 bridgehead atoms. The number of hydrogen-bond acceptors (Lipinski definition) is 4. The molecule has 0 saturated carbocycles. The highest BCUT2D eigenvalue weighted by molar-refractivity contribution is 7.91. The lowest BCUT2D eigenvalue weighted by molar-refractivity contribution is 0.429. The van der Waals surface area contributed by atoms with E-state index in [0.717, 1.165) is 29.5 Å². The standard InChI is InChI=1S/C13H15ClN2O2S2.ClH/c14-10-3-4-12-9(6-10)7-13(19-12)20(17,18)16-11-2-1-5-15-8-11;/h3-4,6-7,11,15-16H,1-2,5,8H2;1H. The lowest BCUT2D eigenvalue weighted by Crippen LogP contribution is -2.45. The smallest absolute Gasteiger partial charge is 0.250 e. The quantitative estimate of drug-likeness (QED) is 0.877. The van der Waals surface area contributed by atoms with Gasteiger partial charge < -0.3 is 5.32 Å². The van der Waals surface area contributed by atoms with Gasteiger partial charge in [-0.25, -0.2) is 13.1 Å². The van der Waals surface area contributed by atoms with E-state index in [1.807, 2.05) is 6.07 Å². The van der Waals surface area contributed by atoms with E-state index in [2.05, 4.69) is 10.0 Å². The van der Waals surface area contributed by atoms with Crippen LogP contribution in [0.4, 0.5) is 0 Å². The first kappa shape index (κ1) is 17.0. The van der Waals surface area contributed by atoms with Crippen molar-refractivity contribution in [1.82, 2.24) is 10.0 Å². The number of thiophene rings is 1. The third-order valence-electron chi connectivity index (χ3n) is 3.34. The SMILES string of the molecule is Cl.O=S(=O)(NC1CCCNC1)c1cc2cc(Cl)ccc2s1. The number of hydrogen-bond donors (Lipinski definition) is 2. The first-order valence-corrected chi connectivity index (χ1v) is 9.14. The highest BCUT2D eigenvalue weighted by Crippen LogP contribution is 2.31. The zero-order valence-corrected chi connectivity index (χ0v) is 14.3. The van der Waals surface area contributed by atoms with Crippen molar-refractivity contribution in [3.05, 3.63) is 29.3 Å². The van der Waals surface area contributed by atoms with Crippen LogP contribution in [0.3, 0.4) is 0 Å². The van der Waals surface area contributed by atoms with Crippen LogP contribution in [0.2, 0.25) is 5.02 Å². The average molecular weight is 367 g/mol.